The largest absolute Gasteiger partial charge is 0.300 e. The first-order valence-corrected chi connectivity index (χ1v) is 10.4. The molecular weight excluding hydrogens is 340 g/mol. The van der Waals surface area contributed by atoms with E-state index in [1.165, 1.54) is 25.3 Å². The number of H-pyrrole nitrogens is 2. The zero-order chi connectivity index (χ0) is 17.4. The normalized spacial score (nSPS) is 21.8. The zero-order valence-corrected chi connectivity index (χ0v) is 15.0. The second-order valence-corrected chi connectivity index (χ2v) is 8.96. The van der Waals surface area contributed by atoms with Gasteiger partial charge in [-0.15, -0.1) is 0 Å². The number of rotatable bonds is 3. The van der Waals surface area contributed by atoms with Crippen LogP contribution in [0, 0.1) is 0 Å². The van der Waals surface area contributed by atoms with Gasteiger partial charge in [-0.05, 0) is 57.0 Å². The molecule has 0 bridgehead atoms. The average molecular weight is 364 g/mol. The summed E-state index contributed by atoms with van der Waals surface area (Å²) in [6.45, 7) is 3.38. The fourth-order valence-corrected chi connectivity index (χ4v) is 5.55. The van der Waals surface area contributed by atoms with Crippen molar-refractivity contribution in [3.8, 4) is 0 Å². The molecule has 2 N–H and O–H groups in total. The third-order valence-corrected chi connectivity index (χ3v) is 7.41. The molecule has 8 heteroatoms. The van der Waals surface area contributed by atoms with E-state index in [0.717, 1.165) is 25.9 Å². The predicted octanol–water partition coefficient (Wildman–Crippen LogP) is 1.50. The highest BCUT2D eigenvalue weighted by Crippen LogP contribution is 2.26. The van der Waals surface area contributed by atoms with Crippen molar-refractivity contribution < 1.29 is 8.42 Å². The summed E-state index contributed by atoms with van der Waals surface area (Å²) in [6.07, 6.45) is 5.58. The topological polar surface area (TPSA) is 89.3 Å². The van der Waals surface area contributed by atoms with Crippen LogP contribution in [0.2, 0.25) is 0 Å². The van der Waals surface area contributed by atoms with E-state index in [1.807, 2.05) is 0 Å². The smallest absolute Gasteiger partial charge is 0.271 e. The van der Waals surface area contributed by atoms with Gasteiger partial charge in [-0.25, -0.2) is 8.42 Å². The average Bonchev–Trinajstić information content (AvgIpc) is 3.03. The van der Waals surface area contributed by atoms with Gasteiger partial charge in [0.2, 0.25) is 10.0 Å². The van der Waals surface area contributed by atoms with Crippen LogP contribution in [0.4, 0.5) is 0 Å². The maximum absolute atomic E-state index is 12.9. The molecule has 2 aliphatic rings. The van der Waals surface area contributed by atoms with Gasteiger partial charge in [0, 0.05) is 19.1 Å². The van der Waals surface area contributed by atoms with Crippen molar-refractivity contribution in [1.29, 1.82) is 0 Å². The second kappa shape index (κ2) is 6.59. The van der Waals surface area contributed by atoms with Gasteiger partial charge < -0.3 is 4.90 Å². The molecule has 3 heterocycles. The first kappa shape index (κ1) is 16.8. The van der Waals surface area contributed by atoms with Crippen LogP contribution in [-0.4, -0.2) is 60.0 Å². The first-order chi connectivity index (χ1) is 12.1. The standard InChI is InChI=1S/C17H24N4O3S/c22-17-15-12-14(4-5-16(15)18-19-17)25(23,24)21-10-6-13(7-11-21)20-8-2-1-3-9-20/h4-5,12-13H,1-3,6-11H2,(H2,18,19,22). The lowest BCUT2D eigenvalue weighted by Crippen LogP contribution is -2.48. The Morgan fingerprint density at radius 3 is 2.40 bits per heavy atom. The monoisotopic (exact) mass is 364 g/mol. The molecule has 25 heavy (non-hydrogen) atoms. The van der Waals surface area contributed by atoms with Crippen molar-refractivity contribution >= 4 is 20.9 Å². The Bertz CT molecular complexity index is 903. The molecule has 0 aliphatic carbocycles. The van der Waals surface area contributed by atoms with Crippen LogP contribution < -0.4 is 5.56 Å². The zero-order valence-electron chi connectivity index (χ0n) is 14.2. The number of piperidine rings is 2. The van der Waals surface area contributed by atoms with Crippen molar-refractivity contribution in [2.24, 2.45) is 0 Å². The predicted molar refractivity (Wildman–Crippen MR) is 96.1 cm³/mol. The number of sulfonamides is 1. The lowest BCUT2D eigenvalue weighted by molar-refractivity contribution is 0.118. The van der Waals surface area contributed by atoms with Gasteiger partial charge in [0.15, 0.2) is 0 Å². The van der Waals surface area contributed by atoms with Crippen LogP contribution >= 0.6 is 0 Å². The number of hydrogen-bond donors (Lipinski definition) is 2. The minimum Gasteiger partial charge on any atom is -0.300 e. The minimum absolute atomic E-state index is 0.196. The fraction of sp³-hybridized carbons (Fsp3) is 0.588. The molecule has 1 aromatic carbocycles. The van der Waals surface area contributed by atoms with Crippen molar-refractivity contribution in [3.63, 3.8) is 0 Å². The van der Waals surface area contributed by atoms with Crippen LogP contribution in [0.15, 0.2) is 27.9 Å². The van der Waals surface area contributed by atoms with Gasteiger partial charge in [-0.1, -0.05) is 6.42 Å². The summed E-state index contributed by atoms with van der Waals surface area (Å²) in [7, 11) is -3.55. The van der Waals surface area contributed by atoms with Crippen LogP contribution in [-0.2, 0) is 10.0 Å². The van der Waals surface area contributed by atoms with E-state index in [2.05, 4.69) is 15.1 Å². The summed E-state index contributed by atoms with van der Waals surface area (Å²) >= 11 is 0. The second-order valence-electron chi connectivity index (χ2n) is 7.02. The third-order valence-electron chi connectivity index (χ3n) is 5.51. The Morgan fingerprint density at radius 1 is 0.960 bits per heavy atom. The van der Waals surface area contributed by atoms with E-state index in [1.54, 1.807) is 16.4 Å². The van der Waals surface area contributed by atoms with E-state index in [0.29, 0.717) is 30.0 Å². The summed E-state index contributed by atoms with van der Waals surface area (Å²) < 4.78 is 27.4. The maximum atomic E-state index is 12.9. The third kappa shape index (κ3) is 3.14. The molecule has 1 aromatic heterocycles. The fourth-order valence-electron chi connectivity index (χ4n) is 4.05. The molecular formula is C17H24N4O3S. The molecule has 0 spiro atoms. The van der Waals surface area contributed by atoms with Crippen LogP contribution in [0.5, 0.6) is 0 Å². The molecule has 4 rings (SSSR count). The van der Waals surface area contributed by atoms with Crippen molar-refractivity contribution in [2.75, 3.05) is 26.2 Å². The molecule has 2 aromatic rings. The van der Waals surface area contributed by atoms with E-state index in [9.17, 15) is 13.2 Å². The Labute approximate surface area is 147 Å². The van der Waals surface area contributed by atoms with E-state index in [-0.39, 0.29) is 10.5 Å². The van der Waals surface area contributed by atoms with E-state index < -0.39 is 10.0 Å². The van der Waals surface area contributed by atoms with Crippen molar-refractivity contribution in [1.82, 2.24) is 19.4 Å². The summed E-state index contributed by atoms with van der Waals surface area (Å²) in [6, 6.07) is 5.18. The highest BCUT2D eigenvalue weighted by atomic mass is 32.2. The molecule has 136 valence electrons. The molecule has 0 radical (unpaired) electrons. The van der Waals surface area contributed by atoms with Gasteiger partial charge in [-0.2, -0.15) is 4.31 Å². The molecule has 7 nitrogen and oxygen atoms in total. The Morgan fingerprint density at radius 2 is 1.68 bits per heavy atom. The molecule has 2 fully saturated rings. The number of hydrogen-bond acceptors (Lipinski definition) is 4. The van der Waals surface area contributed by atoms with Crippen molar-refractivity contribution in [3.05, 3.63) is 28.6 Å². The van der Waals surface area contributed by atoms with Gasteiger partial charge >= 0.3 is 0 Å². The maximum Gasteiger partial charge on any atom is 0.271 e. The number of nitrogens with one attached hydrogen (secondary N) is 2. The van der Waals surface area contributed by atoms with Crippen LogP contribution in [0.1, 0.15) is 32.1 Å². The van der Waals surface area contributed by atoms with Crippen LogP contribution in [0.3, 0.4) is 0 Å². The molecule has 0 unspecified atom stereocenters. The van der Waals surface area contributed by atoms with E-state index >= 15 is 0 Å². The number of aromatic nitrogens is 2. The highest BCUT2D eigenvalue weighted by molar-refractivity contribution is 7.89. The summed E-state index contributed by atoms with van der Waals surface area (Å²) in [5, 5.41) is 5.60. The Kier molecular flexibility index (Phi) is 4.43. The lowest BCUT2D eigenvalue weighted by atomic mass is 10.0. The number of aromatic amines is 2. The Balaban J connectivity index is 1.50. The minimum atomic E-state index is -3.55. The number of nitrogens with zero attached hydrogens (tertiary/aromatic N) is 2. The number of benzene rings is 1. The lowest BCUT2D eigenvalue weighted by Gasteiger charge is -2.39. The summed E-state index contributed by atoms with van der Waals surface area (Å²) in [5.41, 5.74) is 0.323. The molecule has 0 amide bonds. The number of fused-ring (bicyclic) bond motifs is 1. The van der Waals surface area contributed by atoms with Gasteiger partial charge in [0.1, 0.15) is 0 Å². The molecule has 2 aliphatic heterocycles. The quantitative estimate of drug-likeness (QED) is 0.864. The Hall–Kier alpha value is -1.64. The SMILES string of the molecule is O=c1[nH][nH]c2ccc(S(=O)(=O)N3CCC(N4CCCCC4)CC3)cc12. The van der Waals surface area contributed by atoms with Crippen molar-refractivity contribution in [2.45, 2.75) is 43.0 Å². The first-order valence-electron chi connectivity index (χ1n) is 9.00. The summed E-state index contributed by atoms with van der Waals surface area (Å²) in [4.78, 5) is 14.5. The highest BCUT2D eigenvalue weighted by Gasteiger charge is 2.32. The molecule has 0 saturated carbocycles. The van der Waals surface area contributed by atoms with E-state index in [4.69, 9.17) is 0 Å². The van der Waals surface area contributed by atoms with Gasteiger partial charge in [0.25, 0.3) is 5.56 Å². The molecule has 2 saturated heterocycles. The van der Waals surface area contributed by atoms with Crippen LogP contribution in [0.25, 0.3) is 10.9 Å². The number of likely N-dealkylation sites (tertiary alicyclic amines) is 1. The van der Waals surface area contributed by atoms with Gasteiger partial charge in [0.05, 0.1) is 15.8 Å². The van der Waals surface area contributed by atoms with Gasteiger partial charge in [-0.3, -0.25) is 15.0 Å². The molecule has 0 atom stereocenters. The summed E-state index contributed by atoms with van der Waals surface area (Å²) in [5.74, 6) is 0.